The largest absolute Gasteiger partial charge is 0.303 e. The summed E-state index contributed by atoms with van der Waals surface area (Å²) in [6, 6.07) is 1.06. The van der Waals surface area contributed by atoms with Crippen molar-refractivity contribution in [2.45, 2.75) is 15.5 Å². The fourth-order valence-corrected chi connectivity index (χ4v) is 4.05. The molecule has 0 saturated heterocycles. The minimum atomic E-state index is -1.79. The number of hydrogen-bond donors (Lipinski definition) is 0. The maximum atomic E-state index is 13.8. The molecule has 0 N–H and O–H groups in total. The number of aldehydes is 1. The molecule has 11 heteroatoms. The van der Waals surface area contributed by atoms with Crippen LogP contribution in [-0.2, 0) is 11.2 Å². The average Bonchev–Trinajstić information content (AvgIpc) is 2.91. The van der Waals surface area contributed by atoms with Crippen molar-refractivity contribution in [1.29, 1.82) is 0 Å². The fraction of sp³-hybridized carbons (Fsp3) is 0.0833. The molecule has 0 fully saturated rings. The average molecular weight is 386 g/mol. The molecule has 0 unspecified atom stereocenters. The molecule has 1 aromatic heterocycles. The van der Waals surface area contributed by atoms with Gasteiger partial charge in [0.2, 0.25) is 0 Å². The van der Waals surface area contributed by atoms with Gasteiger partial charge in [-0.25, -0.2) is 17.6 Å². The molecule has 0 saturated carbocycles. The molecule has 0 radical (unpaired) electrons. The Kier molecular flexibility index (Phi) is 5.27. The van der Waals surface area contributed by atoms with Crippen LogP contribution < -0.4 is 0 Å². The van der Waals surface area contributed by atoms with Gasteiger partial charge in [0.15, 0.2) is 23.3 Å². The first-order valence-electron chi connectivity index (χ1n) is 5.68. The molecule has 1 heterocycles. The lowest BCUT2D eigenvalue weighted by Gasteiger charge is -2.07. The number of nitro groups is 1. The Labute approximate surface area is 139 Å². The summed E-state index contributed by atoms with van der Waals surface area (Å²) < 4.78 is 54.2. The molecule has 0 bridgehead atoms. The first-order valence-corrected chi connectivity index (χ1v) is 7.69. The maximum Gasteiger partial charge on any atom is 0.294 e. The highest BCUT2D eigenvalue weighted by Crippen LogP contribution is 2.44. The number of nitrogens with zero attached hydrogens (tertiary/aromatic N) is 1. The lowest BCUT2D eigenvalue weighted by atomic mass is 10.3. The van der Waals surface area contributed by atoms with Crippen LogP contribution in [0.1, 0.15) is 4.88 Å². The van der Waals surface area contributed by atoms with Gasteiger partial charge in [-0.2, -0.15) is 0 Å². The highest BCUT2D eigenvalue weighted by molar-refractivity contribution is 8.01. The second kappa shape index (κ2) is 6.85. The van der Waals surface area contributed by atoms with Gasteiger partial charge in [0.05, 0.1) is 9.82 Å². The minimum Gasteiger partial charge on any atom is -0.303 e. The van der Waals surface area contributed by atoms with Crippen molar-refractivity contribution in [1.82, 2.24) is 0 Å². The van der Waals surface area contributed by atoms with Crippen molar-refractivity contribution in [3.63, 3.8) is 0 Å². The Morgan fingerprint density at radius 2 is 1.78 bits per heavy atom. The van der Waals surface area contributed by atoms with Crippen LogP contribution in [0.25, 0.3) is 0 Å². The van der Waals surface area contributed by atoms with Crippen LogP contribution in [0.5, 0.6) is 0 Å². The number of thiophene rings is 1. The van der Waals surface area contributed by atoms with Crippen LogP contribution in [0.3, 0.4) is 0 Å². The summed E-state index contributed by atoms with van der Waals surface area (Å²) in [5, 5.41) is 9.60. The first kappa shape index (κ1) is 17.7. The minimum absolute atomic E-state index is 0.139. The van der Waals surface area contributed by atoms with Crippen LogP contribution in [0.4, 0.5) is 23.2 Å². The van der Waals surface area contributed by atoms with Gasteiger partial charge in [-0.15, -0.1) is 11.3 Å². The molecule has 122 valence electrons. The lowest BCUT2D eigenvalue weighted by Crippen LogP contribution is -1.99. The zero-order valence-corrected chi connectivity index (χ0v) is 13.1. The van der Waals surface area contributed by atoms with Crippen LogP contribution in [-0.4, -0.2) is 11.2 Å². The van der Waals surface area contributed by atoms with Gasteiger partial charge in [-0.05, 0) is 0 Å². The second-order valence-corrected chi connectivity index (χ2v) is 6.81. The molecular weight excluding hydrogens is 382 g/mol. The molecule has 0 spiro atoms. The molecule has 0 aliphatic heterocycles. The molecule has 23 heavy (non-hydrogen) atoms. The van der Waals surface area contributed by atoms with Gasteiger partial charge in [-0.1, -0.05) is 23.4 Å². The van der Waals surface area contributed by atoms with E-state index in [1.165, 1.54) is 0 Å². The number of carbonyl (C=O) groups excluding carboxylic acids is 1. The smallest absolute Gasteiger partial charge is 0.294 e. The van der Waals surface area contributed by atoms with E-state index in [2.05, 4.69) is 0 Å². The summed E-state index contributed by atoms with van der Waals surface area (Å²) in [5.74, 6) is -7.09. The zero-order chi connectivity index (χ0) is 17.3. The normalized spacial score (nSPS) is 10.8. The van der Waals surface area contributed by atoms with E-state index in [1.54, 1.807) is 0 Å². The van der Waals surface area contributed by atoms with Crippen molar-refractivity contribution < 1.29 is 27.3 Å². The summed E-state index contributed by atoms with van der Waals surface area (Å²) in [6.45, 7) is 0. The van der Waals surface area contributed by atoms with Gasteiger partial charge >= 0.3 is 0 Å². The molecule has 2 rings (SSSR count). The molecule has 0 amide bonds. The van der Waals surface area contributed by atoms with Crippen LogP contribution in [0.15, 0.2) is 15.2 Å². The SMILES string of the molecule is O=CCc1cc([N+](=O)[O-])c(Sc2c(F)c(F)c(Cl)c(F)c2F)s1. The standard InChI is InChI=1S/C12H4ClF4NO3S2/c13-6-7(14)9(16)11(10(17)8(6)15)23-12-5(18(20)21)3-4(22-12)1-2-19/h2-3H,1H2. The first-order chi connectivity index (χ1) is 10.8. The summed E-state index contributed by atoms with van der Waals surface area (Å²) in [7, 11) is 0. The van der Waals surface area contributed by atoms with Crippen molar-refractivity contribution in [2.75, 3.05) is 0 Å². The highest BCUT2D eigenvalue weighted by Gasteiger charge is 2.28. The zero-order valence-electron chi connectivity index (χ0n) is 10.7. The number of rotatable bonds is 5. The lowest BCUT2D eigenvalue weighted by molar-refractivity contribution is -0.387. The second-order valence-electron chi connectivity index (χ2n) is 4.01. The van der Waals surface area contributed by atoms with Gasteiger partial charge in [-0.3, -0.25) is 10.1 Å². The van der Waals surface area contributed by atoms with E-state index in [1.807, 2.05) is 0 Å². The maximum absolute atomic E-state index is 13.8. The third-order valence-electron chi connectivity index (χ3n) is 2.58. The van der Waals surface area contributed by atoms with Crippen LogP contribution in [0.2, 0.25) is 5.02 Å². The summed E-state index contributed by atoms with van der Waals surface area (Å²) in [4.78, 5) is 19.7. The Hall–Kier alpha value is -1.65. The molecule has 0 aliphatic carbocycles. The monoisotopic (exact) mass is 385 g/mol. The fourth-order valence-electron chi connectivity index (χ4n) is 1.56. The topological polar surface area (TPSA) is 60.2 Å². The van der Waals surface area contributed by atoms with Crippen molar-refractivity contribution in [3.8, 4) is 0 Å². The highest BCUT2D eigenvalue weighted by atomic mass is 35.5. The number of carbonyl (C=O) groups is 1. The molecular formula is C12H4ClF4NO3S2. The Morgan fingerprint density at radius 1 is 1.22 bits per heavy atom. The molecule has 2 aromatic rings. The van der Waals surface area contributed by atoms with Crippen molar-refractivity contribution in [2.24, 2.45) is 0 Å². The van der Waals surface area contributed by atoms with Crippen molar-refractivity contribution >= 4 is 46.7 Å². The van der Waals surface area contributed by atoms with Gasteiger partial charge in [0.1, 0.15) is 15.5 Å². The quantitative estimate of drug-likeness (QED) is 0.186. The summed E-state index contributed by atoms with van der Waals surface area (Å²) in [5.41, 5.74) is -0.522. The third-order valence-corrected chi connectivity index (χ3v) is 5.31. The molecule has 1 aromatic carbocycles. The van der Waals surface area contributed by atoms with E-state index in [4.69, 9.17) is 11.6 Å². The number of benzene rings is 1. The summed E-state index contributed by atoms with van der Waals surface area (Å²) in [6.07, 6.45) is 0.354. The van der Waals surface area contributed by atoms with Crippen molar-refractivity contribution in [3.05, 3.63) is 49.3 Å². The van der Waals surface area contributed by atoms with Gasteiger partial charge in [0.25, 0.3) is 5.69 Å². The van der Waals surface area contributed by atoms with Crippen LogP contribution >= 0.6 is 34.7 Å². The molecule has 0 aliphatic rings. The number of hydrogen-bond acceptors (Lipinski definition) is 5. The van der Waals surface area contributed by atoms with Gasteiger partial charge < -0.3 is 4.79 Å². The Morgan fingerprint density at radius 3 is 2.26 bits per heavy atom. The van der Waals surface area contributed by atoms with E-state index in [0.717, 1.165) is 17.4 Å². The predicted molar refractivity (Wildman–Crippen MR) is 76.1 cm³/mol. The van der Waals surface area contributed by atoms with E-state index in [0.29, 0.717) is 6.29 Å². The van der Waals surface area contributed by atoms with E-state index in [9.17, 15) is 32.5 Å². The Balaban J connectivity index is 2.55. The number of halogens is 5. The van der Waals surface area contributed by atoms with Gasteiger partial charge in [0, 0.05) is 17.4 Å². The van der Waals surface area contributed by atoms with Crippen LogP contribution in [0, 0.1) is 33.4 Å². The van der Waals surface area contributed by atoms with E-state index < -0.39 is 43.8 Å². The predicted octanol–water partition coefficient (Wildman–Crippen LogP) is 4.76. The summed E-state index contributed by atoms with van der Waals surface area (Å²) >= 11 is 5.98. The molecule has 0 atom stereocenters. The van der Waals surface area contributed by atoms with E-state index in [-0.39, 0.29) is 27.3 Å². The molecule has 4 nitrogen and oxygen atoms in total. The van der Waals surface area contributed by atoms with E-state index >= 15 is 0 Å². The third kappa shape index (κ3) is 3.33. The Bertz CT molecular complexity index is 783.